The Kier molecular flexibility index (Phi) is 6.46. The molecule has 0 saturated carbocycles. The van der Waals surface area contributed by atoms with Crippen LogP contribution < -0.4 is 5.32 Å². The SMILES string of the molecule is CC(C)CNCC1(CN2CCS(=O)CC2)CCCOC1. The van der Waals surface area contributed by atoms with Crippen LogP contribution in [-0.4, -0.2) is 66.6 Å². The average Bonchev–Trinajstić information content (AvgIpc) is 2.42. The fourth-order valence-corrected chi connectivity index (χ4v) is 4.29. The second-order valence-electron chi connectivity index (χ2n) is 6.81. The van der Waals surface area contributed by atoms with Crippen LogP contribution in [0.4, 0.5) is 0 Å². The highest BCUT2D eigenvalue weighted by Gasteiger charge is 2.35. The highest BCUT2D eigenvalue weighted by molar-refractivity contribution is 7.85. The van der Waals surface area contributed by atoms with E-state index in [9.17, 15) is 4.21 Å². The smallest absolute Gasteiger partial charge is 0.0546 e. The Bertz CT molecular complexity index is 307. The quantitative estimate of drug-likeness (QED) is 0.797. The van der Waals surface area contributed by atoms with Crippen LogP contribution in [0.3, 0.4) is 0 Å². The first kappa shape index (κ1) is 16.4. The van der Waals surface area contributed by atoms with Crippen LogP contribution in [0.2, 0.25) is 0 Å². The van der Waals surface area contributed by atoms with Gasteiger partial charge in [0.05, 0.1) is 6.61 Å². The Labute approximate surface area is 126 Å². The van der Waals surface area contributed by atoms with Gasteiger partial charge in [0.15, 0.2) is 0 Å². The second kappa shape index (κ2) is 7.87. The molecule has 1 N–H and O–H groups in total. The van der Waals surface area contributed by atoms with Gasteiger partial charge in [0, 0.05) is 60.5 Å². The number of hydrogen-bond acceptors (Lipinski definition) is 4. The maximum atomic E-state index is 11.5. The topological polar surface area (TPSA) is 41.6 Å². The standard InChI is InChI=1S/C15H30N2O2S/c1-14(2)10-16-11-15(4-3-7-19-13-15)12-17-5-8-20(18)9-6-17/h14,16H,3-13H2,1-2H3. The van der Waals surface area contributed by atoms with Crippen LogP contribution in [0.25, 0.3) is 0 Å². The van der Waals surface area contributed by atoms with Crippen LogP contribution in [0.15, 0.2) is 0 Å². The van der Waals surface area contributed by atoms with Crippen LogP contribution >= 0.6 is 0 Å². The van der Waals surface area contributed by atoms with Gasteiger partial charge in [-0.25, -0.2) is 0 Å². The predicted molar refractivity (Wildman–Crippen MR) is 84.5 cm³/mol. The molecule has 20 heavy (non-hydrogen) atoms. The normalized spacial score (nSPS) is 29.9. The Morgan fingerprint density at radius 1 is 1.35 bits per heavy atom. The van der Waals surface area contributed by atoms with Gasteiger partial charge in [0.25, 0.3) is 0 Å². The van der Waals surface area contributed by atoms with Crippen molar-refractivity contribution in [2.24, 2.45) is 11.3 Å². The zero-order valence-corrected chi connectivity index (χ0v) is 13.8. The monoisotopic (exact) mass is 302 g/mol. The highest BCUT2D eigenvalue weighted by atomic mass is 32.2. The van der Waals surface area contributed by atoms with E-state index in [2.05, 4.69) is 24.1 Å². The maximum absolute atomic E-state index is 11.5. The summed E-state index contributed by atoms with van der Waals surface area (Å²) in [6, 6.07) is 0. The molecule has 1 unspecified atom stereocenters. The molecule has 0 amide bonds. The maximum Gasteiger partial charge on any atom is 0.0546 e. The minimum absolute atomic E-state index is 0.256. The Balaban J connectivity index is 1.86. The van der Waals surface area contributed by atoms with E-state index in [1.54, 1.807) is 0 Å². The lowest BCUT2D eigenvalue weighted by atomic mass is 9.81. The predicted octanol–water partition coefficient (Wildman–Crippen LogP) is 1.09. The van der Waals surface area contributed by atoms with Crippen molar-refractivity contribution >= 4 is 10.8 Å². The zero-order valence-electron chi connectivity index (χ0n) is 13.0. The van der Waals surface area contributed by atoms with Crippen LogP contribution in [0, 0.1) is 11.3 Å². The average molecular weight is 302 g/mol. The van der Waals surface area contributed by atoms with Crippen molar-refractivity contribution in [3.63, 3.8) is 0 Å². The number of nitrogens with zero attached hydrogens (tertiary/aromatic N) is 1. The van der Waals surface area contributed by atoms with Crippen molar-refractivity contribution in [3.8, 4) is 0 Å². The summed E-state index contributed by atoms with van der Waals surface area (Å²) in [5, 5.41) is 3.63. The highest BCUT2D eigenvalue weighted by Crippen LogP contribution is 2.29. The molecule has 0 aliphatic carbocycles. The number of rotatable bonds is 6. The van der Waals surface area contributed by atoms with E-state index in [0.29, 0.717) is 5.92 Å². The van der Waals surface area contributed by atoms with Crippen molar-refractivity contribution in [1.29, 1.82) is 0 Å². The third-order valence-electron chi connectivity index (χ3n) is 4.29. The summed E-state index contributed by atoms with van der Waals surface area (Å²) in [6.07, 6.45) is 2.42. The van der Waals surface area contributed by atoms with Gasteiger partial charge < -0.3 is 15.0 Å². The molecule has 2 aliphatic heterocycles. The first-order valence-corrected chi connectivity index (χ1v) is 9.44. The second-order valence-corrected chi connectivity index (χ2v) is 8.50. The Morgan fingerprint density at radius 2 is 2.10 bits per heavy atom. The van der Waals surface area contributed by atoms with Crippen molar-refractivity contribution in [3.05, 3.63) is 0 Å². The van der Waals surface area contributed by atoms with Crippen molar-refractivity contribution in [1.82, 2.24) is 10.2 Å². The molecule has 2 heterocycles. The van der Waals surface area contributed by atoms with E-state index in [1.807, 2.05) is 0 Å². The molecule has 1 atom stereocenters. The van der Waals surface area contributed by atoms with E-state index in [4.69, 9.17) is 4.74 Å². The summed E-state index contributed by atoms with van der Waals surface area (Å²) in [5.74, 6) is 2.38. The van der Waals surface area contributed by atoms with E-state index in [-0.39, 0.29) is 5.41 Å². The van der Waals surface area contributed by atoms with Crippen molar-refractivity contribution < 1.29 is 8.95 Å². The van der Waals surface area contributed by atoms with Gasteiger partial charge in [0.2, 0.25) is 0 Å². The van der Waals surface area contributed by atoms with Gasteiger partial charge in [0.1, 0.15) is 0 Å². The van der Waals surface area contributed by atoms with Crippen molar-refractivity contribution in [2.45, 2.75) is 26.7 Å². The first-order chi connectivity index (χ1) is 9.60. The van der Waals surface area contributed by atoms with Gasteiger partial charge in [-0.3, -0.25) is 4.21 Å². The lowest BCUT2D eigenvalue weighted by molar-refractivity contribution is -0.0252. The molecular formula is C15H30N2O2S. The molecule has 4 nitrogen and oxygen atoms in total. The minimum atomic E-state index is -0.581. The van der Waals surface area contributed by atoms with Gasteiger partial charge in [-0.15, -0.1) is 0 Å². The molecular weight excluding hydrogens is 272 g/mol. The molecule has 2 aliphatic rings. The van der Waals surface area contributed by atoms with Gasteiger partial charge in [-0.05, 0) is 25.3 Å². The van der Waals surface area contributed by atoms with Gasteiger partial charge >= 0.3 is 0 Å². The molecule has 2 fully saturated rings. The Hall–Kier alpha value is 0.0300. The van der Waals surface area contributed by atoms with E-state index in [0.717, 1.165) is 57.4 Å². The molecule has 0 aromatic rings. The van der Waals surface area contributed by atoms with Crippen LogP contribution in [-0.2, 0) is 15.5 Å². The lowest BCUT2D eigenvalue weighted by Crippen LogP contribution is -2.52. The summed E-state index contributed by atoms with van der Waals surface area (Å²) < 4.78 is 17.3. The molecule has 2 saturated heterocycles. The summed E-state index contributed by atoms with van der Waals surface area (Å²) in [7, 11) is -0.581. The summed E-state index contributed by atoms with van der Waals surface area (Å²) in [5.41, 5.74) is 0.256. The van der Waals surface area contributed by atoms with Crippen molar-refractivity contribution in [2.75, 3.05) is 57.4 Å². The molecule has 0 aromatic carbocycles. The number of hydrogen-bond donors (Lipinski definition) is 1. The fourth-order valence-electron chi connectivity index (χ4n) is 3.16. The largest absolute Gasteiger partial charge is 0.381 e. The van der Waals surface area contributed by atoms with E-state index < -0.39 is 10.8 Å². The molecule has 0 aromatic heterocycles. The summed E-state index contributed by atoms with van der Waals surface area (Å²) in [4.78, 5) is 2.49. The minimum Gasteiger partial charge on any atom is -0.381 e. The summed E-state index contributed by atoms with van der Waals surface area (Å²) >= 11 is 0. The molecule has 5 heteroatoms. The third kappa shape index (κ3) is 5.10. The number of ether oxygens (including phenoxy) is 1. The van der Waals surface area contributed by atoms with Gasteiger partial charge in [-0.2, -0.15) is 0 Å². The Morgan fingerprint density at radius 3 is 2.70 bits per heavy atom. The van der Waals surface area contributed by atoms with Crippen LogP contribution in [0.5, 0.6) is 0 Å². The summed E-state index contributed by atoms with van der Waals surface area (Å²) in [6.45, 7) is 11.5. The number of nitrogens with one attached hydrogen (secondary N) is 1. The van der Waals surface area contributed by atoms with E-state index in [1.165, 1.54) is 12.8 Å². The molecule has 0 spiro atoms. The molecule has 0 bridgehead atoms. The zero-order chi connectivity index (χ0) is 14.4. The fraction of sp³-hybridized carbons (Fsp3) is 1.00. The molecule has 118 valence electrons. The van der Waals surface area contributed by atoms with Crippen LogP contribution in [0.1, 0.15) is 26.7 Å². The van der Waals surface area contributed by atoms with E-state index >= 15 is 0 Å². The first-order valence-electron chi connectivity index (χ1n) is 7.95. The third-order valence-corrected chi connectivity index (χ3v) is 5.56. The molecule has 0 radical (unpaired) electrons. The molecule has 2 rings (SSSR count). The lowest BCUT2D eigenvalue weighted by Gasteiger charge is -2.42. The van der Waals surface area contributed by atoms with Gasteiger partial charge in [-0.1, -0.05) is 13.8 Å².